The van der Waals surface area contributed by atoms with E-state index in [2.05, 4.69) is 10.6 Å². The topological polar surface area (TPSA) is 58.2 Å². The molecule has 1 unspecified atom stereocenters. The molecule has 2 aromatic carbocycles. The van der Waals surface area contributed by atoms with Gasteiger partial charge in [-0.05, 0) is 23.8 Å². The van der Waals surface area contributed by atoms with Crippen LogP contribution in [0.5, 0.6) is 0 Å². The molecule has 2 N–H and O–H groups in total. The second-order valence-corrected chi connectivity index (χ2v) is 4.75. The molecule has 0 aliphatic carbocycles. The van der Waals surface area contributed by atoms with Crippen LogP contribution in [0.3, 0.4) is 0 Å². The predicted octanol–water partition coefficient (Wildman–Crippen LogP) is 2.75. The first-order chi connectivity index (χ1) is 9.74. The van der Waals surface area contributed by atoms with Gasteiger partial charge in [-0.25, -0.2) is 0 Å². The van der Waals surface area contributed by atoms with Crippen molar-refractivity contribution in [3.05, 3.63) is 60.2 Å². The third kappa shape index (κ3) is 2.40. The number of nitrogens with one attached hydrogen (secondary N) is 2. The van der Waals surface area contributed by atoms with Gasteiger partial charge in [0.25, 0.3) is 0 Å². The average Bonchev–Trinajstić information content (AvgIpc) is 2.47. The Morgan fingerprint density at radius 1 is 1.05 bits per heavy atom. The first-order valence-corrected chi connectivity index (χ1v) is 6.49. The fraction of sp³-hybridized carbons (Fsp3) is 0.125. The van der Waals surface area contributed by atoms with Crippen molar-refractivity contribution in [2.75, 3.05) is 10.6 Å². The molecule has 100 valence electrons. The number of carbonyl (C=O) groups is 2. The maximum Gasteiger partial charge on any atom is 0.232 e. The van der Waals surface area contributed by atoms with E-state index in [-0.39, 0.29) is 18.2 Å². The van der Waals surface area contributed by atoms with Crippen molar-refractivity contribution in [3.8, 4) is 0 Å². The monoisotopic (exact) mass is 266 g/mol. The number of hydrogen-bond acceptors (Lipinski definition) is 2. The second kappa shape index (κ2) is 5.17. The minimum Gasteiger partial charge on any atom is -0.326 e. The molecule has 0 fully saturated rings. The van der Waals surface area contributed by atoms with Crippen molar-refractivity contribution in [1.82, 2.24) is 0 Å². The van der Waals surface area contributed by atoms with Crippen molar-refractivity contribution in [1.29, 1.82) is 0 Å². The predicted molar refractivity (Wildman–Crippen MR) is 77.5 cm³/mol. The highest BCUT2D eigenvalue weighted by molar-refractivity contribution is 6.05. The van der Waals surface area contributed by atoms with Crippen LogP contribution in [0.4, 0.5) is 11.4 Å². The Kier molecular flexibility index (Phi) is 3.21. The number of para-hydroxylation sites is 2. The molecule has 4 heteroatoms. The van der Waals surface area contributed by atoms with Gasteiger partial charge in [-0.2, -0.15) is 0 Å². The maximum absolute atomic E-state index is 12.4. The number of anilines is 2. The summed E-state index contributed by atoms with van der Waals surface area (Å²) in [6, 6.07) is 16.7. The highest BCUT2D eigenvalue weighted by atomic mass is 16.2. The van der Waals surface area contributed by atoms with E-state index in [0.29, 0.717) is 0 Å². The van der Waals surface area contributed by atoms with E-state index < -0.39 is 5.92 Å². The highest BCUT2D eigenvalue weighted by Gasteiger charge is 2.30. The summed E-state index contributed by atoms with van der Waals surface area (Å²) in [5.74, 6) is -0.726. The van der Waals surface area contributed by atoms with E-state index in [1.54, 1.807) is 0 Å². The zero-order chi connectivity index (χ0) is 13.9. The van der Waals surface area contributed by atoms with Crippen LogP contribution in [0.15, 0.2) is 54.6 Å². The van der Waals surface area contributed by atoms with Gasteiger partial charge in [0, 0.05) is 17.8 Å². The molecule has 0 radical (unpaired) electrons. The Hall–Kier alpha value is -2.62. The standard InChI is InChI=1S/C16H14N2O2/c19-15-10-13(12-8-4-5-9-14(12)18-15)16(20)17-11-6-2-1-3-7-11/h1-9,13H,10H2,(H,17,20)(H,18,19). The van der Waals surface area contributed by atoms with Crippen LogP contribution >= 0.6 is 0 Å². The average molecular weight is 266 g/mol. The number of amides is 2. The van der Waals surface area contributed by atoms with Crippen LogP contribution in [0.25, 0.3) is 0 Å². The van der Waals surface area contributed by atoms with Gasteiger partial charge >= 0.3 is 0 Å². The van der Waals surface area contributed by atoms with Gasteiger partial charge in [-0.3, -0.25) is 9.59 Å². The minimum absolute atomic E-state index is 0.128. The van der Waals surface area contributed by atoms with Crippen molar-refractivity contribution in [3.63, 3.8) is 0 Å². The van der Waals surface area contributed by atoms with Gasteiger partial charge in [-0.15, -0.1) is 0 Å². The lowest BCUT2D eigenvalue weighted by Crippen LogP contribution is -2.30. The summed E-state index contributed by atoms with van der Waals surface area (Å²) < 4.78 is 0. The van der Waals surface area contributed by atoms with Gasteiger partial charge in [0.1, 0.15) is 0 Å². The minimum atomic E-state index is -0.444. The number of fused-ring (bicyclic) bond motifs is 1. The van der Waals surface area contributed by atoms with E-state index in [1.807, 2.05) is 54.6 Å². The zero-order valence-corrected chi connectivity index (χ0v) is 10.8. The van der Waals surface area contributed by atoms with E-state index in [1.165, 1.54) is 0 Å². The second-order valence-electron chi connectivity index (χ2n) is 4.75. The van der Waals surface area contributed by atoms with Crippen LogP contribution in [0.2, 0.25) is 0 Å². The molecule has 0 spiro atoms. The summed E-state index contributed by atoms with van der Waals surface area (Å²) in [6.45, 7) is 0. The Morgan fingerprint density at radius 3 is 2.55 bits per heavy atom. The van der Waals surface area contributed by atoms with E-state index >= 15 is 0 Å². The lowest BCUT2D eigenvalue weighted by Gasteiger charge is -2.24. The maximum atomic E-state index is 12.4. The van der Waals surface area contributed by atoms with Crippen LogP contribution in [-0.2, 0) is 9.59 Å². The summed E-state index contributed by atoms with van der Waals surface area (Å²) in [4.78, 5) is 24.1. The highest BCUT2D eigenvalue weighted by Crippen LogP contribution is 2.32. The molecule has 1 aliphatic heterocycles. The zero-order valence-electron chi connectivity index (χ0n) is 10.8. The number of rotatable bonds is 2. The van der Waals surface area contributed by atoms with Crippen LogP contribution in [-0.4, -0.2) is 11.8 Å². The largest absolute Gasteiger partial charge is 0.326 e. The van der Waals surface area contributed by atoms with E-state index in [9.17, 15) is 9.59 Å². The van der Waals surface area contributed by atoms with Crippen LogP contribution in [0, 0.1) is 0 Å². The molecule has 2 aromatic rings. The fourth-order valence-electron chi connectivity index (χ4n) is 2.40. The molecular weight excluding hydrogens is 252 g/mol. The van der Waals surface area contributed by atoms with Crippen LogP contribution < -0.4 is 10.6 Å². The van der Waals surface area contributed by atoms with Crippen molar-refractivity contribution in [2.45, 2.75) is 12.3 Å². The van der Waals surface area contributed by atoms with Crippen LogP contribution in [0.1, 0.15) is 17.9 Å². The van der Waals surface area contributed by atoms with Gasteiger partial charge in [-0.1, -0.05) is 36.4 Å². The molecule has 20 heavy (non-hydrogen) atoms. The van der Waals surface area contributed by atoms with E-state index in [0.717, 1.165) is 16.9 Å². The molecule has 0 aromatic heterocycles. The summed E-state index contributed by atoms with van der Waals surface area (Å²) in [5.41, 5.74) is 2.32. The first kappa shape index (κ1) is 12.4. The molecule has 1 heterocycles. The molecule has 0 saturated carbocycles. The van der Waals surface area contributed by atoms with E-state index in [4.69, 9.17) is 0 Å². The third-order valence-electron chi connectivity index (χ3n) is 3.36. The molecule has 2 amide bonds. The number of benzene rings is 2. The van der Waals surface area contributed by atoms with Gasteiger partial charge in [0.15, 0.2) is 0 Å². The normalized spacial score (nSPS) is 17.0. The number of hydrogen-bond donors (Lipinski definition) is 2. The molecule has 1 atom stereocenters. The first-order valence-electron chi connectivity index (χ1n) is 6.49. The van der Waals surface area contributed by atoms with Crippen molar-refractivity contribution in [2.24, 2.45) is 0 Å². The SMILES string of the molecule is O=C1CC(C(=O)Nc2ccccc2)c2ccccc2N1. The smallest absolute Gasteiger partial charge is 0.232 e. The fourth-order valence-corrected chi connectivity index (χ4v) is 2.40. The molecule has 0 bridgehead atoms. The Balaban J connectivity index is 1.87. The number of carbonyl (C=O) groups excluding carboxylic acids is 2. The lowest BCUT2D eigenvalue weighted by molar-refractivity contribution is -0.123. The summed E-state index contributed by atoms with van der Waals surface area (Å²) in [7, 11) is 0. The van der Waals surface area contributed by atoms with Gasteiger partial charge in [0.05, 0.1) is 5.92 Å². The third-order valence-corrected chi connectivity index (χ3v) is 3.36. The summed E-state index contributed by atoms with van der Waals surface area (Å²) in [6.07, 6.45) is 0.176. The Labute approximate surface area is 116 Å². The quantitative estimate of drug-likeness (QED) is 0.878. The van der Waals surface area contributed by atoms with Crippen molar-refractivity contribution < 1.29 is 9.59 Å². The lowest BCUT2D eigenvalue weighted by atomic mass is 9.90. The summed E-state index contributed by atoms with van der Waals surface area (Å²) in [5, 5.41) is 5.64. The molecule has 0 saturated heterocycles. The Bertz CT molecular complexity index is 653. The van der Waals surface area contributed by atoms with Crippen molar-refractivity contribution >= 4 is 23.2 Å². The molecular formula is C16H14N2O2. The molecule has 1 aliphatic rings. The van der Waals surface area contributed by atoms with Gasteiger partial charge in [0.2, 0.25) is 11.8 Å². The molecule has 3 rings (SSSR count). The summed E-state index contributed by atoms with van der Waals surface area (Å²) >= 11 is 0. The van der Waals surface area contributed by atoms with Gasteiger partial charge < -0.3 is 10.6 Å². The molecule has 4 nitrogen and oxygen atoms in total. The Morgan fingerprint density at radius 2 is 1.75 bits per heavy atom.